The van der Waals surface area contributed by atoms with Crippen LogP contribution in [0.2, 0.25) is 0 Å². The van der Waals surface area contributed by atoms with Crippen molar-refractivity contribution in [3.05, 3.63) is 23.8 Å². The molecule has 2 rings (SSSR count). The van der Waals surface area contributed by atoms with Crippen LogP contribution >= 0.6 is 0 Å². The summed E-state index contributed by atoms with van der Waals surface area (Å²) >= 11 is 0. The third-order valence-corrected chi connectivity index (χ3v) is 3.07. The minimum atomic E-state index is 0.00940. The number of likely N-dealkylation sites (N-methyl/N-ethyl adjacent to an activating group) is 1. The molecular weight excluding hydrogens is 216 g/mol. The highest BCUT2D eigenvalue weighted by Gasteiger charge is 2.29. The Bertz CT molecular complexity index is 407. The molecule has 0 spiro atoms. The molecule has 1 aromatic carbocycles. The van der Waals surface area contributed by atoms with Crippen LogP contribution in [0.3, 0.4) is 0 Å². The zero-order chi connectivity index (χ0) is 12.4. The van der Waals surface area contributed by atoms with Gasteiger partial charge in [-0.25, -0.2) is 0 Å². The van der Waals surface area contributed by atoms with E-state index in [9.17, 15) is 4.79 Å². The Morgan fingerprint density at radius 1 is 1.53 bits per heavy atom. The minimum Gasteiger partial charge on any atom is -0.481 e. The summed E-state index contributed by atoms with van der Waals surface area (Å²) in [5.41, 5.74) is 7.33. The van der Waals surface area contributed by atoms with Gasteiger partial charge in [0, 0.05) is 13.1 Å². The number of para-hydroxylation sites is 1. The van der Waals surface area contributed by atoms with Gasteiger partial charge in [0.2, 0.25) is 0 Å². The highest BCUT2D eigenvalue weighted by molar-refractivity contribution is 5.78. The molecule has 0 saturated heterocycles. The summed E-state index contributed by atoms with van der Waals surface area (Å²) in [6, 6.07) is 5.98. The number of benzene rings is 1. The van der Waals surface area contributed by atoms with Crippen molar-refractivity contribution in [1.29, 1.82) is 0 Å². The number of carbonyl (C=O) groups excluding carboxylic acids is 1. The number of amides is 1. The standard InChI is InChI=1S/C13H18N2O2/c1-9-4-3-5-11(14)13(9)17-8-12(16)15(2)10-6-7-10/h3-5,10H,6-8,14H2,1-2H3. The molecule has 0 aliphatic heterocycles. The molecule has 1 saturated carbocycles. The molecule has 1 amide bonds. The lowest BCUT2D eigenvalue weighted by Crippen LogP contribution is -2.33. The van der Waals surface area contributed by atoms with Crippen LogP contribution in [0.4, 0.5) is 5.69 Å². The van der Waals surface area contributed by atoms with Crippen molar-refractivity contribution in [2.24, 2.45) is 0 Å². The monoisotopic (exact) mass is 234 g/mol. The second kappa shape index (κ2) is 4.65. The van der Waals surface area contributed by atoms with Crippen LogP contribution in [0, 0.1) is 6.92 Å². The minimum absolute atomic E-state index is 0.00940. The topological polar surface area (TPSA) is 55.6 Å². The molecular formula is C13H18N2O2. The average Bonchev–Trinajstić information content (AvgIpc) is 3.11. The summed E-state index contributed by atoms with van der Waals surface area (Å²) in [7, 11) is 1.82. The van der Waals surface area contributed by atoms with E-state index in [4.69, 9.17) is 10.5 Å². The van der Waals surface area contributed by atoms with Gasteiger partial charge in [0.25, 0.3) is 5.91 Å². The summed E-state index contributed by atoms with van der Waals surface area (Å²) < 4.78 is 5.51. The Hall–Kier alpha value is -1.71. The third kappa shape index (κ3) is 2.70. The summed E-state index contributed by atoms with van der Waals surface area (Å²) in [5.74, 6) is 0.625. The zero-order valence-electron chi connectivity index (χ0n) is 10.3. The maximum Gasteiger partial charge on any atom is 0.260 e. The number of rotatable bonds is 4. The van der Waals surface area contributed by atoms with Crippen LogP contribution in [0.1, 0.15) is 18.4 Å². The maximum absolute atomic E-state index is 11.8. The molecule has 2 N–H and O–H groups in total. The molecule has 0 radical (unpaired) electrons. The van der Waals surface area contributed by atoms with Crippen LogP contribution < -0.4 is 10.5 Å². The first-order chi connectivity index (χ1) is 8.09. The van der Waals surface area contributed by atoms with Crippen molar-refractivity contribution in [3.8, 4) is 5.75 Å². The molecule has 92 valence electrons. The van der Waals surface area contributed by atoms with Gasteiger partial charge in [-0.3, -0.25) is 4.79 Å². The predicted molar refractivity (Wildman–Crippen MR) is 66.9 cm³/mol. The Labute approximate surface area is 101 Å². The molecule has 4 nitrogen and oxygen atoms in total. The smallest absolute Gasteiger partial charge is 0.260 e. The van der Waals surface area contributed by atoms with E-state index in [1.807, 2.05) is 26.1 Å². The summed E-state index contributed by atoms with van der Waals surface area (Å²) in [6.45, 7) is 1.98. The highest BCUT2D eigenvalue weighted by atomic mass is 16.5. The first-order valence-corrected chi connectivity index (χ1v) is 5.83. The Balaban J connectivity index is 1.95. The van der Waals surface area contributed by atoms with E-state index in [1.165, 1.54) is 0 Å². The fourth-order valence-electron chi connectivity index (χ4n) is 1.77. The van der Waals surface area contributed by atoms with Gasteiger partial charge >= 0.3 is 0 Å². The highest BCUT2D eigenvalue weighted by Crippen LogP contribution is 2.27. The summed E-state index contributed by atoms with van der Waals surface area (Å²) in [4.78, 5) is 13.5. The molecule has 0 unspecified atom stereocenters. The van der Waals surface area contributed by atoms with E-state index in [0.29, 0.717) is 17.5 Å². The van der Waals surface area contributed by atoms with Gasteiger partial charge in [0.1, 0.15) is 5.75 Å². The van der Waals surface area contributed by atoms with Crippen molar-refractivity contribution < 1.29 is 9.53 Å². The van der Waals surface area contributed by atoms with Crippen LogP contribution in [0.25, 0.3) is 0 Å². The first-order valence-electron chi connectivity index (χ1n) is 5.83. The van der Waals surface area contributed by atoms with E-state index >= 15 is 0 Å². The zero-order valence-corrected chi connectivity index (χ0v) is 10.3. The summed E-state index contributed by atoms with van der Waals surface area (Å²) in [5, 5.41) is 0. The van der Waals surface area contributed by atoms with Gasteiger partial charge in [0.05, 0.1) is 5.69 Å². The molecule has 1 aliphatic rings. The van der Waals surface area contributed by atoms with Crippen LogP contribution in [0.15, 0.2) is 18.2 Å². The number of nitrogen functional groups attached to an aromatic ring is 1. The van der Waals surface area contributed by atoms with Gasteiger partial charge in [-0.2, -0.15) is 0 Å². The van der Waals surface area contributed by atoms with E-state index in [-0.39, 0.29) is 12.5 Å². The number of hydrogen-bond acceptors (Lipinski definition) is 3. The Kier molecular flexibility index (Phi) is 3.22. The van der Waals surface area contributed by atoms with Crippen molar-refractivity contribution in [2.75, 3.05) is 19.4 Å². The molecule has 0 aromatic heterocycles. The predicted octanol–water partition coefficient (Wildman–Crippen LogP) is 1.58. The second-order valence-electron chi connectivity index (χ2n) is 4.52. The fraction of sp³-hybridized carbons (Fsp3) is 0.462. The van der Waals surface area contributed by atoms with E-state index in [1.54, 1.807) is 11.0 Å². The van der Waals surface area contributed by atoms with Gasteiger partial charge in [-0.05, 0) is 31.4 Å². The molecule has 1 aromatic rings. The average molecular weight is 234 g/mol. The first kappa shape index (κ1) is 11.8. The molecule has 1 fully saturated rings. The number of carbonyl (C=O) groups is 1. The third-order valence-electron chi connectivity index (χ3n) is 3.07. The molecule has 0 atom stereocenters. The second-order valence-corrected chi connectivity index (χ2v) is 4.52. The van der Waals surface area contributed by atoms with Gasteiger partial charge in [-0.1, -0.05) is 12.1 Å². The molecule has 1 aliphatic carbocycles. The van der Waals surface area contributed by atoms with Crippen molar-refractivity contribution in [1.82, 2.24) is 4.90 Å². The lowest BCUT2D eigenvalue weighted by molar-refractivity contribution is -0.132. The van der Waals surface area contributed by atoms with Crippen LogP contribution in [0.5, 0.6) is 5.75 Å². The van der Waals surface area contributed by atoms with E-state index in [0.717, 1.165) is 18.4 Å². The number of hydrogen-bond donors (Lipinski definition) is 1. The lowest BCUT2D eigenvalue weighted by atomic mass is 10.2. The van der Waals surface area contributed by atoms with E-state index in [2.05, 4.69) is 0 Å². The molecule has 4 heteroatoms. The van der Waals surface area contributed by atoms with Gasteiger partial charge in [-0.15, -0.1) is 0 Å². The Morgan fingerprint density at radius 3 is 2.82 bits per heavy atom. The van der Waals surface area contributed by atoms with Crippen molar-refractivity contribution in [3.63, 3.8) is 0 Å². The van der Waals surface area contributed by atoms with E-state index < -0.39 is 0 Å². The normalized spacial score (nSPS) is 14.5. The van der Waals surface area contributed by atoms with Crippen LogP contribution in [-0.4, -0.2) is 30.5 Å². The molecule has 0 bridgehead atoms. The number of nitrogens with two attached hydrogens (primary N) is 1. The Morgan fingerprint density at radius 2 is 2.24 bits per heavy atom. The largest absolute Gasteiger partial charge is 0.481 e. The summed E-state index contributed by atoms with van der Waals surface area (Å²) in [6.07, 6.45) is 2.21. The molecule has 17 heavy (non-hydrogen) atoms. The number of nitrogens with zero attached hydrogens (tertiary/aromatic N) is 1. The lowest BCUT2D eigenvalue weighted by Gasteiger charge is -2.17. The molecule has 0 heterocycles. The fourth-order valence-corrected chi connectivity index (χ4v) is 1.77. The SMILES string of the molecule is Cc1cccc(N)c1OCC(=O)N(C)C1CC1. The number of ether oxygens (including phenoxy) is 1. The van der Waals surface area contributed by atoms with Crippen LogP contribution in [-0.2, 0) is 4.79 Å². The quantitative estimate of drug-likeness (QED) is 0.805. The van der Waals surface area contributed by atoms with Crippen molar-refractivity contribution in [2.45, 2.75) is 25.8 Å². The van der Waals surface area contributed by atoms with Crippen molar-refractivity contribution >= 4 is 11.6 Å². The maximum atomic E-state index is 11.8. The van der Waals surface area contributed by atoms with Gasteiger partial charge < -0.3 is 15.4 Å². The number of anilines is 1. The number of aryl methyl sites for hydroxylation is 1. The van der Waals surface area contributed by atoms with Gasteiger partial charge in [0.15, 0.2) is 6.61 Å².